The molecule has 1 aliphatic heterocycles. The number of methoxy groups -OCH3 is 1. The minimum absolute atomic E-state index is 0.0524. The van der Waals surface area contributed by atoms with Crippen LogP contribution in [0.3, 0.4) is 0 Å². The highest BCUT2D eigenvalue weighted by Crippen LogP contribution is 2.16. The van der Waals surface area contributed by atoms with Gasteiger partial charge in [-0.1, -0.05) is 12.1 Å². The van der Waals surface area contributed by atoms with Crippen molar-refractivity contribution in [2.45, 2.75) is 19.1 Å². The molecule has 0 saturated carbocycles. The van der Waals surface area contributed by atoms with Gasteiger partial charge in [0, 0.05) is 26.2 Å². The molecule has 1 aromatic rings. The van der Waals surface area contributed by atoms with E-state index in [1.807, 2.05) is 12.1 Å². The molecule has 0 atom stereocenters. The molecule has 1 heterocycles. The van der Waals surface area contributed by atoms with Crippen molar-refractivity contribution in [2.75, 3.05) is 40.4 Å². The van der Waals surface area contributed by atoms with Crippen molar-refractivity contribution in [1.82, 2.24) is 10.2 Å². The first kappa shape index (κ1) is 14.3. The Labute approximate surface area is 115 Å². The molecule has 1 fully saturated rings. The lowest BCUT2D eigenvalue weighted by Gasteiger charge is -2.39. The van der Waals surface area contributed by atoms with Crippen molar-refractivity contribution in [1.29, 1.82) is 0 Å². The Balaban J connectivity index is 1.72. The summed E-state index contributed by atoms with van der Waals surface area (Å²) in [6.07, 6.45) is 0. The minimum Gasteiger partial charge on any atom is -0.497 e. The highest BCUT2D eigenvalue weighted by molar-refractivity contribution is 5.28. The molecule has 0 bridgehead atoms. The average Bonchev–Trinajstić information content (AvgIpc) is 2.37. The minimum atomic E-state index is 0.0524. The molecule has 2 rings (SSSR count). The van der Waals surface area contributed by atoms with E-state index in [9.17, 15) is 0 Å². The maximum absolute atomic E-state index is 5.89. The van der Waals surface area contributed by atoms with Crippen LogP contribution in [-0.2, 0) is 11.3 Å². The maximum Gasteiger partial charge on any atom is 0.119 e. The van der Waals surface area contributed by atoms with Crippen LogP contribution in [0.5, 0.6) is 5.75 Å². The fraction of sp³-hybridized carbons (Fsp3) is 0.600. The smallest absolute Gasteiger partial charge is 0.119 e. The Hall–Kier alpha value is -1.10. The summed E-state index contributed by atoms with van der Waals surface area (Å²) in [5, 5.41) is 3.24. The molecule has 1 aromatic carbocycles. The van der Waals surface area contributed by atoms with Crippen molar-refractivity contribution in [2.24, 2.45) is 0 Å². The molecule has 0 unspecified atom stereocenters. The Morgan fingerprint density at radius 1 is 1.37 bits per heavy atom. The summed E-state index contributed by atoms with van der Waals surface area (Å²) < 4.78 is 11.1. The summed E-state index contributed by atoms with van der Waals surface area (Å²) in [4.78, 5) is 2.27. The molecule has 1 N–H and O–H groups in total. The third-order valence-corrected chi connectivity index (χ3v) is 3.51. The van der Waals surface area contributed by atoms with Gasteiger partial charge in [-0.3, -0.25) is 4.90 Å². The van der Waals surface area contributed by atoms with E-state index in [0.29, 0.717) is 0 Å². The Morgan fingerprint density at radius 2 is 2.16 bits per heavy atom. The second-order valence-electron chi connectivity index (χ2n) is 5.49. The van der Waals surface area contributed by atoms with Crippen molar-refractivity contribution in [3.05, 3.63) is 29.8 Å². The van der Waals surface area contributed by atoms with Gasteiger partial charge in [-0.25, -0.2) is 0 Å². The third kappa shape index (κ3) is 4.20. The molecular weight excluding hydrogens is 240 g/mol. The van der Waals surface area contributed by atoms with Crippen LogP contribution in [0.25, 0.3) is 0 Å². The fourth-order valence-electron chi connectivity index (χ4n) is 2.19. The maximum atomic E-state index is 5.89. The van der Waals surface area contributed by atoms with E-state index < -0.39 is 0 Å². The number of nitrogens with one attached hydrogen (secondary N) is 1. The molecule has 0 amide bonds. The zero-order valence-electron chi connectivity index (χ0n) is 12.1. The van der Waals surface area contributed by atoms with Crippen molar-refractivity contribution in [3.63, 3.8) is 0 Å². The van der Waals surface area contributed by atoms with Gasteiger partial charge in [0.05, 0.1) is 19.3 Å². The van der Waals surface area contributed by atoms with Crippen LogP contribution in [0.4, 0.5) is 0 Å². The number of ether oxygens (including phenoxy) is 2. The normalized spacial score (nSPS) is 17.3. The van der Waals surface area contributed by atoms with E-state index in [-0.39, 0.29) is 5.60 Å². The molecule has 0 aromatic heterocycles. The van der Waals surface area contributed by atoms with Gasteiger partial charge in [-0.15, -0.1) is 0 Å². The monoisotopic (exact) mass is 264 g/mol. The van der Waals surface area contributed by atoms with E-state index >= 15 is 0 Å². The van der Waals surface area contributed by atoms with E-state index in [2.05, 4.69) is 36.3 Å². The Bertz CT molecular complexity index is 405. The quantitative estimate of drug-likeness (QED) is 0.809. The van der Waals surface area contributed by atoms with Gasteiger partial charge < -0.3 is 14.8 Å². The number of rotatable bonds is 7. The topological polar surface area (TPSA) is 33.7 Å². The highest BCUT2D eigenvalue weighted by atomic mass is 16.5. The van der Waals surface area contributed by atoms with Gasteiger partial charge in [0.25, 0.3) is 0 Å². The van der Waals surface area contributed by atoms with Crippen LogP contribution in [0.1, 0.15) is 12.5 Å². The molecule has 19 heavy (non-hydrogen) atoms. The predicted octanol–water partition coefficient (Wildman–Crippen LogP) is 1.51. The molecule has 4 heteroatoms. The second kappa shape index (κ2) is 6.37. The zero-order valence-corrected chi connectivity index (χ0v) is 12.1. The number of benzene rings is 1. The van der Waals surface area contributed by atoms with Crippen LogP contribution in [0.15, 0.2) is 24.3 Å². The molecule has 0 radical (unpaired) electrons. The largest absolute Gasteiger partial charge is 0.497 e. The standard InChI is InChI=1S/C15H24N2O2/c1-15(11-16-12-15)19-8-7-17(2)10-13-5-4-6-14(9-13)18-3/h4-6,9,16H,7-8,10-12H2,1-3H3. The van der Waals surface area contributed by atoms with Gasteiger partial charge in [-0.05, 0) is 31.7 Å². The molecule has 0 aliphatic carbocycles. The lowest BCUT2D eigenvalue weighted by atomic mass is 10.0. The average molecular weight is 264 g/mol. The van der Waals surface area contributed by atoms with Gasteiger partial charge in [-0.2, -0.15) is 0 Å². The predicted molar refractivity (Wildman–Crippen MR) is 76.6 cm³/mol. The van der Waals surface area contributed by atoms with Crippen molar-refractivity contribution < 1.29 is 9.47 Å². The number of nitrogens with zero attached hydrogens (tertiary/aromatic N) is 1. The number of hydrogen-bond donors (Lipinski definition) is 1. The summed E-state index contributed by atoms with van der Waals surface area (Å²) in [5.41, 5.74) is 1.31. The first-order valence-electron chi connectivity index (χ1n) is 6.77. The van der Waals surface area contributed by atoms with Crippen LogP contribution in [0, 0.1) is 0 Å². The SMILES string of the molecule is COc1cccc(CN(C)CCOC2(C)CNC2)c1. The lowest BCUT2D eigenvalue weighted by Crippen LogP contribution is -2.59. The molecule has 106 valence electrons. The molecule has 1 aliphatic rings. The molecule has 1 saturated heterocycles. The first-order chi connectivity index (χ1) is 9.11. The summed E-state index contributed by atoms with van der Waals surface area (Å²) in [5.74, 6) is 0.912. The summed E-state index contributed by atoms with van der Waals surface area (Å²) in [6, 6.07) is 8.20. The van der Waals surface area contributed by atoms with Crippen LogP contribution in [0.2, 0.25) is 0 Å². The molecular formula is C15H24N2O2. The van der Waals surface area contributed by atoms with Gasteiger partial charge in [0.2, 0.25) is 0 Å². The lowest BCUT2D eigenvalue weighted by molar-refractivity contribution is -0.0712. The van der Waals surface area contributed by atoms with E-state index in [1.54, 1.807) is 7.11 Å². The van der Waals surface area contributed by atoms with Gasteiger partial charge in [0.15, 0.2) is 0 Å². The highest BCUT2D eigenvalue weighted by Gasteiger charge is 2.32. The second-order valence-corrected chi connectivity index (χ2v) is 5.49. The van der Waals surface area contributed by atoms with E-state index in [1.165, 1.54) is 5.56 Å². The zero-order chi connectivity index (χ0) is 13.7. The number of likely N-dealkylation sites (N-methyl/N-ethyl adjacent to an activating group) is 1. The summed E-state index contributed by atoms with van der Waals surface area (Å²) >= 11 is 0. The van der Waals surface area contributed by atoms with Gasteiger partial charge >= 0.3 is 0 Å². The molecule has 0 spiro atoms. The Morgan fingerprint density at radius 3 is 2.79 bits per heavy atom. The fourth-order valence-corrected chi connectivity index (χ4v) is 2.19. The van der Waals surface area contributed by atoms with Gasteiger partial charge in [0.1, 0.15) is 5.75 Å². The van der Waals surface area contributed by atoms with E-state index in [4.69, 9.17) is 9.47 Å². The number of hydrogen-bond acceptors (Lipinski definition) is 4. The molecule has 4 nitrogen and oxygen atoms in total. The Kier molecular flexibility index (Phi) is 4.80. The summed E-state index contributed by atoms with van der Waals surface area (Å²) in [7, 11) is 3.81. The first-order valence-corrected chi connectivity index (χ1v) is 6.77. The van der Waals surface area contributed by atoms with E-state index in [0.717, 1.165) is 38.5 Å². The van der Waals surface area contributed by atoms with Crippen molar-refractivity contribution >= 4 is 0 Å². The third-order valence-electron chi connectivity index (χ3n) is 3.51. The van der Waals surface area contributed by atoms with Crippen molar-refractivity contribution in [3.8, 4) is 5.75 Å². The van der Waals surface area contributed by atoms with Crippen LogP contribution >= 0.6 is 0 Å². The summed E-state index contributed by atoms with van der Waals surface area (Å²) in [6.45, 7) is 6.71. The van der Waals surface area contributed by atoms with Crippen LogP contribution in [-0.4, -0.2) is 50.9 Å². The van der Waals surface area contributed by atoms with Crippen LogP contribution < -0.4 is 10.1 Å².